The van der Waals surface area contributed by atoms with E-state index in [1.54, 1.807) is 6.92 Å². The number of halogens is 1. The van der Waals surface area contributed by atoms with Crippen LogP contribution in [0.1, 0.15) is 18.2 Å². The molecular weight excluding hydrogens is 340 g/mol. The number of aromatic nitrogens is 1. The Labute approximate surface area is 130 Å². The van der Waals surface area contributed by atoms with Gasteiger partial charge in [-0.1, -0.05) is 22.0 Å². The Kier molecular flexibility index (Phi) is 5.14. The van der Waals surface area contributed by atoms with Gasteiger partial charge in [0, 0.05) is 15.5 Å². The minimum Gasteiger partial charge on any atom is -0.466 e. The van der Waals surface area contributed by atoms with Crippen LogP contribution in [0, 0.1) is 6.92 Å². The summed E-state index contributed by atoms with van der Waals surface area (Å²) in [6.45, 7) is 4.22. The molecule has 0 fully saturated rings. The van der Waals surface area contributed by atoms with Crippen molar-refractivity contribution < 1.29 is 9.53 Å². The number of carbonyl (C=O) groups is 1. The Bertz CT molecular complexity index is 613. The lowest BCUT2D eigenvalue weighted by Gasteiger charge is -2.07. The minimum absolute atomic E-state index is 0.212. The lowest BCUT2D eigenvalue weighted by molar-refractivity contribution is -0.142. The summed E-state index contributed by atoms with van der Waals surface area (Å²) < 4.78 is 5.95. The number of esters is 1. The first-order chi connectivity index (χ1) is 9.60. The summed E-state index contributed by atoms with van der Waals surface area (Å²) in [6.07, 6.45) is 0.212. The second kappa shape index (κ2) is 6.85. The fraction of sp³-hybridized carbons (Fsp3) is 0.286. The number of nitrogens with one attached hydrogen (secondary N) is 1. The summed E-state index contributed by atoms with van der Waals surface area (Å²) in [5, 5.41) is 5.90. The molecule has 4 nitrogen and oxygen atoms in total. The number of ether oxygens (including phenoxy) is 1. The van der Waals surface area contributed by atoms with Gasteiger partial charge in [0.2, 0.25) is 0 Å². The molecular formula is C14H15BrN2O2S. The molecule has 0 radical (unpaired) electrons. The van der Waals surface area contributed by atoms with Gasteiger partial charge in [-0.3, -0.25) is 4.79 Å². The number of carbonyl (C=O) groups excluding carboxylic acids is 1. The third kappa shape index (κ3) is 3.80. The fourth-order valence-corrected chi connectivity index (χ4v) is 2.75. The maximum atomic E-state index is 11.4. The highest BCUT2D eigenvalue weighted by Crippen LogP contribution is 2.28. The van der Waals surface area contributed by atoms with E-state index in [2.05, 4.69) is 26.2 Å². The third-order valence-corrected chi connectivity index (χ3v) is 4.36. The van der Waals surface area contributed by atoms with Gasteiger partial charge in [-0.25, -0.2) is 4.98 Å². The topological polar surface area (TPSA) is 51.2 Å². The molecule has 1 N–H and O–H groups in total. The summed E-state index contributed by atoms with van der Waals surface area (Å²) in [6, 6.07) is 5.95. The van der Waals surface area contributed by atoms with Gasteiger partial charge >= 0.3 is 5.97 Å². The van der Waals surface area contributed by atoms with Crippen molar-refractivity contribution in [2.45, 2.75) is 20.3 Å². The monoisotopic (exact) mass is 354 g/mol. The molecule has 106 valence electrons. The van der Waals surface area contributed by atoms with E-state index in [0.717, 1.165) is 26.5 Å². The second-order valence-corrected chi connectivity index (χ2v) is 5.88. The van der Waals surface area contributed by atoms with E-state index in [1.807, 2.05) is 30.5 Å². The molecule has 0 spiro atoms. The van der Waals surface area contributed by atoms with Crippen LogP contribution in [0.3, 0.4) is 0 Å². The molecule has 20 heavy (non-hydrogen) atoms. The summed E-state index contributed by atoms with van der Waals surface area (Å²) >= 11 is 4.97. The quantitative estimate of drug-likeness (QED) is 0.822. The molecule has 0 atom stereocenters. The molecule has 0 bridgehead atoms. The van der Waals surface area contributed by atoms with Gasteiger partial charge in [0.15, 0.2) is 5.13 Å². The van der Waals surface area contributed by atoms with E-state index in [-0.39, 0.29) is 12.4 Å². The van der Waals surface area contributed by atoms with E-state index in [9.17, 15) is 4.79 Å². The lowest BCUT2D eigenvalue weighted by atomic mass is 10.2. The molecule has 0 saturated heterocycles. The van der Waals surface area contributed by atoms with Crippen LogP contribution in [-0.4, -0.2) is 17.6 Å². The van der Waals surface area contributed by atoms with Crippen molar-refractivity contribution in [3.8, 4) is 0 Å². The predicted molar refractivity (Wildman–Crippen MR) is 84.6 cm³/mol. The van der Waals surface area contributed by atoms with Crippen molar-refractivity contribution >= 4 is 44.1 Å². The summed E-state index contributed by atoms with van der Waals surface area (Å²) in [4.78, 5) is 15.8. The molecule has 6 heteroatoms. The van der Waals surface area contributed by atoms with Gasteiger partial charge in [0.1, 0.15) is 0 Å². The van der Waals surface area contributed by atoms with E-state index in [0.29, 0.717) is 6.61 Å². The van der Waals surface area contributed by atoms with Gasteiger partial charge < -0.3 is 10.1 Å². The van der Waals surface area contributed by atoms with Crippen molar-refractivity contribution in [3.05, 3.63) is 39.3 Å². The Balaban J connectivity index is 2.06. The molecule has 0 aliphatic rings. The zero-order valence-electron chi connectivity index (χ0n) is 11.3. The second-order valence-electron chi connectivity index (χ2n) is 4.16. The molecule has 1 heterocycles. The highest BCUT2D eigenvalue weighted by atomic mass is 79.9. The number of rotatable bonds is 5. The van der Waals surface area contributed by atoms with Gasteiger partial charge in [0.25, 0.3) is 0 Å². The molecule has 0 aliphatic heterocycles. The SMILES string of the molecule is CCOC(=O)Cc1csc(Nc2cccc(Br)c2C)n1. The Morgan fingerprint density at radius 2 is 2.30 bits per heavy atom. The maximum Gasteiger partial charge on any atom is 0.311 e. The van der Waals surface area contributed by atoms with Crippen molar-refractivity contribution in [1.29, 1.82) is 0 Å². The molecule has 0 unspecified atom stereocenters. The molecule has 0 amide bonds. The van der Waals surface area contributed by atoms with E-state index >= 15 is 0 Å². The van der Waals surface area contributed by atoms with Crippen LogP contribution in [0.2, 0.25) is 0 Å². The Hall–Kier alpha value is -1.40. The Morgan fingerprint density at radius 3 is 3.05 bits per heavy atom. The largest absolute Gasteiger partial charge is 0.466 e. The van der Waals surface area contributed by atoms with Crippen LogP contribution in [0.25, 0.3) is 0 Å². The first kappa shape index (κ1) is 15.0. The summed E-state index contributed by atoms with van der Waals surface area (Å²) in [5.74, 6) is -0.247. The van der Waals surface area contributed by atoms with Crippen molar-refractivity contribution in [2.24, 2.45) is 0 Å². The zero-order valence-corrected chi connectivity index (χ0v) is 13.7. The number of anilines is 2. The molecule has 1 aromatic heterocycles. The van der Waals surface area contributed by atoms with Crippen molar-refractivity contribution in [1.82, 2.24) is 4.98 Å². The number of hydrogen-bond donors (Lipinski definition) is 1. The van der Waals surface area contributed by atoms with Crippen LogP contribution >= 0.6 is 27.3 Å². The number of nitrogens with zero attached hydrogens (tertiary/aromatic N) is 1. The molecule has 0 aliphatic carbocycles. The fourth-order valence-electron chi connectivity index (χ4n) is 1.66. The normalized spacial score (nSPS) is 10.3. The zero-order chi connectivity index (χ0) is 14.5. The summed E-state index contributed by atoms with van der Waals surface area (Å²) in [5.41, 5.74) is 2.84. The predicted octanol–water partition coefficient (Wildman–Crippen LogP) is 4.06. The van der Waals surface area contributed by atoms with Crippen LogP contribution in [-0.2, 0) is 16.0 Å². The standard InChI is InChI=1S/C14H15BrN2O2S/c1-3-19-13(18)7-10-8-20-14(16-10)17-12-6-4-5-11(15)9(12)2/h4-6,8H,3,7H2,1-2H3,(H,16,17). The molecule has 2 aromatic rings. The smallest absolute Gasteiger partial charge is 0.311 e. The van der Waals surface area contributed by atoms with Gasteiger partial charge in [-0.2, -0.15) is 0 Å². The van der Waals surface area contributed by atoms with Crippen LogP contribution < -0.4 is 5.32 Å². The minimum atomic E-state index is -0.247. The van der Waals surface area contributed by atoms with Gasteiger partial charge in [-0.15, -0.1) is 11.3 Å². The van der Waals surface area contributed by atoms with Crippen LogP contribution in [0.15, 0.2) is 28.1 Å². The average Bonchev–Trinajstić information content (AvgIpc) is 2.82. The Morgan fingerprint density at radius 1 is 1.50 bits per heavy atom. The maximum absolute atomic E-state index is 11.4. The van der Waals surface area contributed by atoms with Crippen LogP contribution in [0.5, 0.6) is 0 Å². The van der Waals surface area contributed by atoms with E-state index in [1.165, 1.54) is 11.3 Å². The highest BCUT2D eigenvalue weighted by molar-refractivity contribution is 9.10. The van der Waals surface area contributed by atoms with E-state index in [4.69, 9.17) is 4.74 Å². The summed E-state index contributed by atoms with van der Waals surface area (Å²) in [7, 11) is 0. The first-order valence-corrected chi connectivity index (χ1v) is 7.89. The van der Waals surface area contributed by atoms with E-state index < -0.39 is 0 Å². The van der Waals surface area contributed by atoms with Crippen LogP contribution in [0.4, 0.5) is 10.8 Å². The molecule has 2 rings (SSSR count). The lowest BCUT2D eigenvalue weighted by Crippen LogP contribution is -2.07. The van der Waals surface area contributed by atoms with Gasteiger partial charge in [-0.05, 0) is 31.5 Å². The average molecular weight is 355 g/mol. The van der Waals surface area contributed by atoms with Gasteiger partial charge in [0.05, 0.1) is 18.7 Å². The van der Waals surface area contributed by atoms with Crippen molar-refractivity contribution in [2.75, 3.05) is 11.9 Å². The van der Waals surface area contributed by atoms with Crippen molar-refractivity contribution in [3.63, 3.8) is 0 Å². The number of hydrogen-bond acceptors (Lipinski definition) is 5. The highest BCUT2D eigenvalue weighted by Gasteiger charge is 2.09. The number of benzene rings is 1. The first-order valence-electron chi connectivity index (χ1n) is 6.22. The molecule has 1 aromatic carbocycles. The number of thiazole rings is 1. The molecule has 0 saturated carbocycles. The third-order valence-electron chi connectivity index (χ3n) is 2.69.